The highest BCUT2D eigenvalue weighted by atomic mass is 35.5. The van der Waals surface area contributed by atoms with E-state index in [9.17, 15) is 0 Å². The van der Waals surface area contributed by atoms with E-state index in [-0.39, 0.29) is 0 Å². The minimum atomic E-state index is 0.381. The fraction of sp³-hybridized carbons (Fsp3) is 0.0714. The van der Waals surface area contributed by atoms with Crippen LogP contribution in [-0.2, 0) is 7.05 Å². The number of rotatable bonds is 3. The smallest absolute Gasteiger partial charge is 0.216 e. The highest BCUT2D eigenvalue weighted by molar-refractivity contribution is 7.71. The van der Waals surface area contributed by atoms with Crippen LogP contribution in [0.5, 0.6) is 0 Å². The van der Waals surface area contributed by atoms with E-state index in [4.69, 9.17) is 35.4 Å². The van der Waals surface area contributed by atoms with E-state index in [0.29, 0.717) is 26.2 Å². The van der Waals surface area contributed by atoms with Crippen molar-refractivity contribution >= 4 is 41.6 Å². The van der Waals surface area contributed by atoms with Gasteiger partial charge in [0.1, 0.15) is 0 Å². The molecular formula is C14H11Cl2N5S. The third-order valence-electron chi connectivity index (χ3n) is 3.11. The molecule has 0 bridgehead atoms. The fourth-order valence-electron chi connectivity index (χ4n) is 1.97. The molecule has 0 atom stereocenters. The number of halogens is 2. The van der Waals surface area contributed by atoms with Gasteiger partial charge in [-0.05, 0) is 42.5 Å². The van der Waals surface area contributed by atoms with Gasteiger partial charge in [0.05, 0.1) is 16.9 Å². The molecular weight excluding hydrogens is 341 g/mol. The van der Waals surface area contributed by atoms with E-state index in [1.54, 1.807) is 24.4 Å². The molecule has 0 fully saturated rings. The van der Waals surface area contributed by atoms with Gasteiger partial charge >= 0.3 is 0 Å². The summed E-state index contributed by atoms with van der Waals surface area (Å²) in [7, 11) is 1.94. The first kappa shape index (κ1) is 15.0. The van der Waals surface area contributed by atoms with Gasteiger partial charge in [0.25, 0.3) is 0 Å². The van der Waals surface area contributed by atoms with Crippen molar-refractivity contribution in [3.8, 4) is 11.4 Å². The molecule has 8 heteroatoms. The first-order chi connectivity index (χ1) is 10.6. The molecule has 5 nitrogen and oxygen atoms in total. The zero-order valence-corrected chi connectivity index (χ0v) is 13.8. The van der Waals surface area contributed by atoms with Crippen molar-refractivity contribution in [1.82, 2.24) is 19.4 Å². The standard InChI is InChI=1S/C14H11Cl2N5S/c1-20-6-2-3-10(20)8-17-21-13(18-19-14(21)22)11-5-4-9(15)7-12(11)16/h2-8H,1H3,(H,19,22). The lowest BCUT2D eigenvalue weighted by Gasteiger charge is -2.04. The van der Waals surface area contributed by atoms with Gasteiger partial charge in [0.15, 0.2) is 5.82 Å². The summed E-state index contributed by atoms with van der Waals surface area (Å²) in [6.45, 7) is 0. The number of aromatic nitrogens is 4. The highest BCUT2D eigenvalue weighted by Gasteiger charge is 2.12. The minimum Gasteiger partial charge on any atom is -0.350 e. The largest absolute Gasteiger partial charge is 0.350 e. The van der Waals surface area contributed by atoms with Crippen LogP contribution in [0.4, 0.5) is 0 Å². The Kier molecular flexibility index (Phi) is 4.15. The zero-order valence-electron chi connectivity index (χ0n) is 11.5. The average molecular weight is 352 g/mol. The van der Waals surface area contributed by atoms with E-state index >= 15 is 0 Å². The molecule has 0 aliphatic heterocycles. The molecule has 0 amide bonds. The molecule has 0 unspecified atom stereocenters. The van der Waals surface area contributed by atoms with Crippen molar-refractivity contribution in [2.75, 3.05) is 0 Å². The van der Waals surface area contributed by atoms with Crippen LogP contribution in [0, 0.1) is 4.77 Å². The van der Waals surface area contributed by atoms with Crippen molar-refractivity contribution in [1.29, 1.82) is 0 Å². The van der Waals surface area contributed by atoms with Crippen LogP contribution >= 0.6 is 35.4 Å². The average Bonchev–Trinajstić information content (AvgIpc) is 3.03. The van der Waals surface area contributed by atoms with Gasteiger partial charge in [-0.2, -0.15) is 14.9 Å². The molecule has 112 valence electrons. The van der Waals surface area contributed by atoms with E-state index in [1.807, 2.05) is 29.9 Å². The number of aryl methyl sites for hydroxylation is 1. The molecule has 0 saturated carbocycles. The lowest BCUT2D eigenvalue weighted by Crippen LogP contribution is -1.98. The molecule has 0 saturated heterocycles. The van der Waals surface area contributed by atoms with Crippen LogP contribution < -0.4 is 0 Å². The van der Waals surface area contributed by atoms with Gasteiger partial charge in [-0.15, -0.1) is 0 Å². The summed E-state index contributed by atoms with van der Waals surface area (Å²) in [6, 6.07) is 9.06. The lowest BCUT2D eigenvalue weighted by atomic mass is 10.2. The zero-order chi connectivity index (χ0) is 15.7. The molecule has 0 radical (unpaired) electrons. The molecule has 1 N–H and O–H groups in total. The van der Waals surface area contributed by atoms with E-state index < -0.39 is 0 Å². The van der Waals surface area contributed by atoms with E-state index in [1.165, 1.54) is 4.68 Å². The van der Waals surface area contributed by atoms with Crippen LogP contribution in [-0.4, -0.2) is 25.7 Å². The number of nitrogens with one attached hydrogen (secondary N) is 1. The van der Waals surface area contributed by atoms with Crippen LogP contribution in [0.3, 0.4) is 0 Å². The fourth-order valence-corrected chi connectivity index (χ4v) is 2.64. The number of nitrogens with zero attached hydrogens (tertiary/aromatic N) is 4. The van der Waals surface area contributed by atoms with Crippen molar-refractivity contribution < 1.29 is 0 Å². The van der Waals surface area contributed by atoms with Crippen molar-refractivity contribution in [2.24, 2.45) is 12.1 Å². The normalized spacial score (nSPS) is 11.4. The molecule has 2 aromatic heterocycles. The highest BCUT2D eigenvalue weighted by Crippen LogP contribution is 2.29. The summed E-state index contributed by atoms with van der Waals surface area (Å²) in [6.07, 6.45) is 3.64. The summed E-state index contributed by atoms with van der Waals surface area (Å²) in [5.41, 5.74) is 1.64. The molecule has 0 aliphatic rings. The second-order valence-corrected chi connectivity index (χ2v) is 5.81. The predicted molar refractivity (Wildman–Crippen MR) is 91.3 cm³/mol. The predicted octanol–water partition coefficient (Wildman–Crippen LogP) is 4.14. The lowest BCUT2D eigenvalue weighted by molar-refractivity contribution is 0.862. The third kappa shape index (κ3) is 2.85. The van der Waals surface area contributed by atoms with E-state index in [0.717, 1.165) is 5.69 Å². The van der Waals surface area contributed by atoms with Crippen LogP contribution in [0.1, 0.15) is 5.69 Å². The second kappa shape index (κ2) is 6.08. The number of benzene rings is 1. The topological polar surface area (TPSA) is 50.9 Å². The Balaban J connectivity index is 2.06. The Hall–Kier alpha value is -1.89. The first-order valence-corrected chi connectivity index (χ1v) is 7.51. The maximum atomic E-state index is 6.23. The molecule has 3 rings (SSSR count). The Morgan fingerprint density at radius 1 is 1.32 bits per heavy atom. The van der Waals surface area contributed by atoms with Gasteiger partial charge in [-0.25, -0.2) is 5.10 Å². The third-order valence-corrected chi connectivity index (χ3v) is 3.92. The SMILES string of the molecule is Cn1cccc1C=Nn1c(-c2ccc(Cl)cc2Cl)n[nH]c1=S. The Morgan fingerprint density at radius 3 is 2.82 bits per heavy atom. The maximum absolute atomic E-state index is 6.23. The molecule has 3 aromatic rings. The van der Waals surface area contributed by atoms with Gasteiger partial charge in [-0.3, -0.25) is 0 Å². The second-order valence-electron chi connectivity index (χ2n) is 4.58. The number of hydrogen-bond acceptors (Lipinski definition) is 3. The summed E-state index contributed by atoms with van der Waals surface area (Å²) < 4.78 is 3.85. The van der Waals surface area contributed by atoms with Gasteiger partial charge in [0.2, 0.25) is 4.77 Å². The number of aromatic amines is 1. The van der Waals surface area contributed by atoms with Gasteiger partial charge in [0, 0.05) is 23.8 Å². The monoisotopic (exact) mass is 351 g/mol. The summed E-state index contributed by atoms with van der Waals surface area (Å²) in [4.78, 5) is 0. The Morgan fingerprint density at radius 2 is 2.14 bits per heavy atom. The molecule has 0 aliphatic carbocycles. The van der Waals surface area contributed by atoms with Crippen molar-refractivity contribution in [3.63, 3.8) is 0 Å². The summed E-state index contributed by atoms with van der Waals surface area (Å²) >= 11 is 17.4. The summed E-state index contributed by atoms with van der Waals surface area (Å²) in [5.74, 6) is 0.525. The van der Waals surface area contributed by atoms with Crippen molar-refractivity contribution in [3.05, 3.63) is 57.0 Å². The van der Waals surface area contributed by atoms with Crippen LogP contribution in [0.25, 0.3) is 11.4 Å². The Bertz CT molecular complexity index is 906. The maximum Gasteiger partial charge on any atom is 0.216 e. The minimum absolute atomic E-state index is 0.381. The molecule has 2 heterocycles. The quantitative estimate of drug-likeness (QED) is 0.569. The summed E-state index contributed by atoms with van der Waals surface area (Å²) in [5, 5.41) is 12.4. The molecule has 0 spiro atoms. The van der Waals surface area contributed by atoms with Crippen LogP contribution in [0.15, 0.2) is 41.6 Å². The number of H-pyrrole nitrogens is 1. The molecule has 22 heavy (non-hydrogen) atoms. The van der Waals surface area contributed by atoms with Gasteiger partial charge < -0.3 is 4.57 Å². The van der Waals surface area contributed by atoms with E-state index in [2.05, 4.69) is 15.3 Å². The molecule has 1 aromatic carbocycles. The van der Waals surface area contributed by atoms with Gasteiger partial charge in [-0.1, -0.05) is 23.2 Å². The first-order valence-electron chi connectivity index (χ1n) is 6.35. The number of hydrogen-bond donors (Lipinski definition) is 1. The Labute approximate surface area is 141 Å². The van der Waals surface area contributed by atoms with Crippen LogP contribution in [0.2, 0.25) is 10.0 Å². The van der Waals surface area contributed by atoms with Crippen molar-refractivity contribution in [2.45, 2.75) is 0 Å².